The molecule has 2 aromatic carbocycles. The Morgan fingerprint density at radius 2 is 1.82 bits per heavy atom. The highest BCUT2D eigenvalue weighted by molar-refractivity contribution is 9.10. The van der Waals surface area contributed by atoms with Crippen molar-refractivity contribution in [3.63, 3.8) is 0 Å². The van der Waals surface area contributed by atoms with E-state index < -0.39 is 23.7 Å². The number of nitrogens with one attached hydrogen (secondary N) is 2. The molecule has 0 spiro atoms. The van der Waals surface area contributed by atoms with E-state index in [2.05, 4.69) is 26.2 Å². The maximum absolute atomic E-state index is 13.6. The number of fused-ring (bicyclic) bond motifs is 9. The highest BCUT2D eigenvalue weighted by Crippen LogP contribution is 2.69. The van der Waals surface area contributed by atoms with Gasteiger partial charge in [0.2, 0.25) is 11.8 Å². The summed E-state index contributed by atoms with van der Waals surface area (Å²) < 4.78 is 6.89. The Morgan fingerprint density at radius 1 is 1.07 bits per heavy atom. The summed E-state index contributed by atoms with van der Waals surface area (Å²) in [6.45, 7) is -0.442. The first-order valence-electron chi connectivity index (χ1n) is 14.2. The summed E-state index contributed by atoms with van der Waals surface area (Å²) in [6, 6.07) is 10.3. The van der Waals surface area contributed by atoms with Gasteiger partial charge in [-0.2, -0.15) is 0 Å². The van der Waals surface area contributed by atoms with Crippen molar-refractivity contribution < 1.29 is 29.0 Å². The molecule has 234 valence electrons. The second kappa shape index (κ2) is 11.8. The van der Waals surface area contributed by atoms with Crippen LogP contribution < -0.4 is 14.9 Å². The molecule has 1 aromatic heterocycles. The smallest absolute Gasteiger partial charge is 0.305 e. The highest BCUT2D eigenvalue weighted by Gasteiger charge is 2.69. The number of benzene rings is 2. The van der Waals surface area contributed by atoms with Crippen LogP contribution in [0.1, 0.15) is 29.2 Å². The zero-order valence-corrected chi connectivity index (χ0v) is 27.9. The third-order valence-corrected chi connectivity index (χ3v) is 13.1. The topological polar surface area (TPSA) is 146 Å². The van der Waals surface area contributed by atoms with Crippen LogP contribution in [0, 0.1) is 29.6 Å². The maximum atomic E-state index is 13.6. The van der Waals surface area contributed by atoms with E-state index in [-0.39, 0.29) is 65.2 Å². The van der Waals surface area contributed by atoms with E-state index in [1.807, 2.05) is 12.1 Å². The molecule has 4 aliphatic rings. The molecule has 0 radical (unpaired) electrons. The summed E-state index contributed by atoms with van der Waals surface area (Å²) in [5.41, 5.74) is 1.23. The summed E-state index contributed by atoms with van der Waals surface area (Å²) >= 11 is 18.3. The monoisotopic (exact) mass is 751 g/mol. The van der Waals surface area contributed by atoms with Gasteiger partial charge in [0.15, 0.2) is 6.61 Å². The molecule has 2 aliphatic heterocycles. The van der Waals surface area contributed by atoms with Gasteiger partial charge >= 0.3 is 10.8 Å². The number of thioether (sulfide) groups is 1. The standard InChI is InChI=1S/C30H24BrCl2N3O7S2/c31-11-1-4-18(43-10-19(37)34-12-2-3-16(32)17(33)8-12)13(7-11)21-22-14-9-15(25(22)44-27-26(21)45-30(42)35-27)24-23(14)28(40)36(29(24)41)6-5-20(38)39/h1-4,7-8,14-15,21-25H,5-6,9-10H2,(H,34,37)(H,35,42)(H,38,39)/t14?,15?,21-,22?,23?,24?,25?/m1/s1. The van der Waals surface area contributed by atoms with Crippen LogP contribution in [0.25, 0.3) is 0 Å². The average molecular weight is 753 g/mol. The fourth-order valence-electron chi connectivity index (χ4n) is 7.66. The van der Waals surface area contributed by atoms with Gasteiger partial charge in [-0.15, -0.1) is 11.8 Å². The van der Waals surface area contributed by atoms with Crippen LogP contribution in [0.15, 0.2) is 50.7 Å². The molecule has 3 aromatic rings. The second-order valence-corrected chi connectivity index (χ2v) is 15.5. The van der Waals surface area contributed by atoms with Crippen LogP contribution in [0.4, 0.5) is 5.69 Å². The van der Waals surface area contributed by atoms with Crippen molar-refractivity contribution in [1.82, 2.24) is 9.88 Å². The van der Waals surface area contributed by atoms with Gasteiger partial charge in [0.1, 0.15) is 5.75 Å². The van der Waals surface area contributed by atoms with E-state index in [1.54, 1.807) is 36.0 Å². The number of aromatic amines is 1. The molecule has 45 heavy (non-hydrogen) atoms. The number of likely N-dealkylation sites (tertiary alicyclic amines) is 1. The number of rotatable bonds is 8. The van der Waals surface area contributed by atoms with Gasteiger partial charge in [0.05, 0.1) is 33.3 Å². The van der Waals surface area contributed by atoms with Gasteiger partial charge in [-0.1, -0.05) is 50.5 Å². The molecule has 7 rings (SSSR count). The minimum absolute atomic E-state index is 0.0556. The molecule has 1 saturated heterocycles. The van der Waals surface area contributed by atoms with Crippen LogP contribution in [0.3, 0.4) is 0 Å². The van der Waals surface area contributed by atoms with Crippen LogP contribution in [0.2, 0.25) is 10.0 Å². The molecule has 3 amide bonds. The first-order chi connectivity index (χ1) is 21.5. The van der Waals surface area contributed by atoms with Crippen molar-refractivity contribution in [3.05, 3.63) is 71.0 Å². The number of imide groups is 1. The minimum Gasteiger partial charge on any atom is -0.483 e. The Labute approximate surface area is 282 Å². The Bertz CT molecular complexity index is 1830. The van der Waals surface area contributed by atoms with Gasteiger partial charge in [0, 0.05) is 38.3 Å². The maximum Gasteiger partial charge on any atom is 0.305 e. The van der Waals surface area contributed by atoms with E-state index in [0.717, 1.165) is 36.2 Å². The number of amides is 3. The number of anilines is 1. The third kappa shape index (κ3) is 5.30. The number of halogens is 3. The molecule has 3 fully saturated rings. The molecule has 3 heterocycles. The van der Waals surface area contributed by atoms with Crippen LogP contribution in [0.5, 0.6) is 5.75 Å². The van der Waals surface area contributed by atoms with E-state index >= 15 is 0 Å². The van der Waals surface area contributed by atoms with Crippen molar-refractivity contribution in [2.75, 3.05) is 18.5 Å². The number of thiazole rings is 1. The van der Waals surface area contributed by atoms with Gasteiger partial charge < -0.3 is 20.1 Å². The van der Waals surface area contributed by atoms with Gasteiger partial charge in [-0.05, 0) is 60.6 Å². The Kier molecular flexibility index (Phi) is 8.04. The minimum atomic E-state index is -1.07. The predicted molar refractivity (Wildman–Crippen MR) is 172 cm³/mol. The summed E-state index contributed by atoms with van der Waals surface area (Å²) in [6.07, 6.45) is 0.389. The number of H-pyrrole nitrogens is 1. The lowest BCUT2D eigenvalue weighted by Crippen LogP contribution is -2.42. The number of ether oxygens (including phenoxy) is 1. The number of carbonyl (C=O) groups is 4. The summed E-state index contributed by atoms with van der Waals surface area (Å²) in [5.74, 6) is -3.35. The van der Waals surface area contributed by atoms with E-state index in [9.17, 15) is 29.1 Å². The Morgan fingerprint density at radius 3 is 2.56 bits per heavy atom. The highest BCUT2D eigenvalue weighted by atomic mass is 79.9. The molecular formula is C30H24BrCl2N3O7S2. The van der Waals surface area contributed by atoms with Crippen molar-refractivity contribution in [1.29, 1.82) is 0 Å². The van der Waals surface area contributed by atoms with E-state index in [1.165, 1.54) is 0 Å². The van der Waals surface area contributed by atoms with Gasteiger partial charge in [0.25, 0.3) is 5.91 Å². The van der Waals surface area contributed by atoms with Crippen LogP contribution >= 0.6 is 62.2 Å². The number of hydrogen-bond donors (Lipinski definition) is 3. The molecule has 3 N–H and O–H groups in total. The second-order valence-electron chi connectivity index (χ2n) is 11.6. The van der Waals surface area contributed by atoms with Crippen LogP contribution in [-0.4, -0.2) is 57.1 Å². The zero-order chi connectivity index (χ0) is 31.7. The van der Waals surface area contributed by atoms with Gasteiger partial charge in [-0.25, -0.2) is 0 Å². The lowest BCUT2D eigenvalue weighted by atomic mass is 9.68. The number of carbonyl (C=O) groups excluding carboxylic acids is 3. The SMILES string of the molecule is O=C(O)CCN1C(=O)C2C3CC(C2C1=O)C1C3Sc2[nH]c(=O)sc2[C@@H]1c1cc(Br)ccc1OCC(=O)Nc1ccc(Cl)c(Cl)c1. The number of hydrogen-bond acceptors (Lipinski definition) is 8. The molecule has 2 bridgehead atoms. The molecule has 15 heteroatoms. The average Bonchev–Trinajstić information content (AvgIpc) is 3.72. The van der Waals surface area contributed by atoms with E-state index in [4.69, 9.17) is 27.9 Å². The Balaban J connectivity index is 1.21. The largest absolute Gasteiger partial charge is 0.483 e. The molecular weight excluding hydrogens is 729 g/mol. The predicted octanol–water partition coefficient (Wildman–Crippen LogP) is 5.47. The van der Waals surface area contributed by atoms with Crippen molar-refractivity contribution in [3.8, 4) is 5.75 Å². The molecule has 10 nitrogen and oxygen atoms in total. The van der Waals surface area contributed by atoms with E-state index in [0.29, 0.717) is 27.9 Å². The number of carboxylic acid groups (broad SMARTS) is 1. The molecule has 6 unspecified atom stereocenters. The first kappa shape index (κ1) is 30.8. The number of aliphatic carboxylic acids is 1. The molecule has 7 atom stereocenters. The van der Waals surface area contributed by atoms with Crippen LogP contribution in [-0.2, 0) is 19.2 Å². The molecule has 2 aliphatic carbocycles. The number of carboxylic acids is 1. The quantitative estimate of drug-likeness (QED) is 0.257. The normalized spacial score (nSPS) is 27.7. The summed E-state index contributed by atoms with van der Waals surface area (Å²) in [4.78, 5) is 68.6. The van der Waals surface area contributed by atoms with Gasteiger partial charge in [-0.3, -0.25) is 28.9 Å². The number of aromatic nitrogens is 1. The number of nitrogens with zero attached hydrogens (tertiary/aromatic N) is 1. The molecule has 2 saturated carbocycles. The Hall–Kier alpha value is -2.84. The van der Waals surface area contributed by atoms with Crippen molar-refractivity contribution in [2.45, 2.75) is 29.0 Å². The summed E-state index contributed by atoms with van der Waals surface area (Å²) in [5, 5.41) is 13.3. The fraction of sp³-hybridized carbons (Fsp3) is 0.367. The lowest BCUT2D eigenvalue weighted by molar-refractivity contribution is -0.142. The third-order valence-electron chi connectivity index (χ3n) is 9.23. The first-order valence-corrected chi connectivity index (χ1v) is 17.4. The summed E-state index contributed by atoms with van der Waals surface area (Å²) in [7, 11) is 0. The van der Waals surface area contributed by atoms with Crippen molar-refractivity contribution >= 4 is 91.6 Å². The lowest BCUT2D eigenvalue weighted by Gasteiger charge is -2.43. The van der Waals surface area contributed by atoms with Crippen molar-refractivity contribution in [2.24, 2.45) is 29.6 Å². The fourth-order valence-corrected chi connectivity index (χ4v) is 11.2. The zero-order valence-electron chi connectivity index (χ0n) is 23.1.